The maximum atomic E-state index is 13.0. The summed E-state index contributed by atoms with van der Waals surface area (Å²) < 4.78 is 1.97. The van der Waals surface area contributed by atoms with Gasteiger partial charge < -0.3 is 9.88 Å². The Hall–Kier alpha value is -2.44. The molecule has 1 saturated carbocycles. The highest BCUT2D eigenvalue weighted by molar-refractivity contribution is 5.92. The van der Waals surface area contributed by atoms with Gasteiger partial charge in [-0.2, -0.15) is 5.10 Å². The number of carbonyl (C=O) groups is 1. The molecule has 0 aromatic carbocycles. The first-order valence-corrected chi connectivity index (χ1v) is 8.98. The molecule has 1 atom stereocenters. The fraction of sp³-hybridized carbons (Fsp3) is 0.556. The van der Waals surface area contributed by atoms with Crippen LogP contribution >= 0.6 is 0 Å². The molecule has 0 unspecified atom stereocenters. The fourth-order valence-corrected chi connectivity index (χ4v) is 3.45. The van der Waals surface area contributed by atoms with Crippen LogP contribution in [0.25, 0.3) is 0 Å². The average molecular weight is 341 g/mol. The monoisotopic (exact) mass is 341 g/mol. The van der Waals surface area contributed by atoms with Crippen molar-refractivity contribution in [1.82, 2.24) is 24.6 Å². The quantitative estimate of drug-likeness (QED) is 0.923. The van der Waals surface area contributed by atoms with Crippen molar-refractivity contribution in [2.75, 3.05) is 6.54 Å². The molecular weight excluding hydrogens is 318 g/mol. The zero-order valence-electron chi connectivity index (χ0n) is 14.6. The molecule has 1 N–H and O–H groups in total. The molecule has 7 heteroatoms. The van der Waals surface area contributed by atoms with Gasteiger partial charge in [0.15, 0.2) is 5.82 Å². The molecule has 1 amide bonds. The number of nitrogens with zero attached hydrogens (tertiary/aromatic N) is 4. The Morgan fingerprint density at radius 1 is 1.32 bits per heavy atom. The molecule has 2 aromatic rings. The molecule has 7 nitrogen and oxygen atoms in total. The van der Waals surface area contributed by atoms with Crippen LogP contribution in [0.2, 0.25) is 0 Å². The average Bonchev–Trinajstić information content (AvgIpc) is 3.33. The van der Waals surface area contributed by atoms with Crippen molar-refractivity contribution in [3.05, 3.63) is 45.9 Å². The summed E-state index contributed by atoms with van der Waals surface area (Å²) in [6, 6.07) is 4.58. The van der Waals surface area contributed by atoms with Crippen molar-refractivity contribution in [2.24, 2.45) is 5.92 Å². The largest absolute Gasteiger partial charge is 0.325 e. The molecule has 2 aliphatic rings. The Balaban J connectivity index is 1.68. The van der Waals surface area contributed by atoms with Crippen LogP contribution in [-0.4, -0.2) is 37.1 Å². The van der Waals surface area contributed by atoms with E-state index in [4.69, 9.17) is 4.98 Å². The topological polar surface area (TPSA) is 83.9 Å². The molecular formula is C18H23N5O2. The zero-order valence-corrected chi connectivity index (χ0v) is 14.6. The van der Waals surface area contributed by atoms with Crippen LogP contribution in [0.3, 0.4) is 0 Å². The molecule has 1 aliphatic carbocycles. The molecule has 1 aliphatic heterocycles. The van der Waals surface area contributed by atoms with Gasteiger partial charge in [-0.05, 0) is 31.2 Å². The molecule has 25 heavy (non-hydrogen) atoms. The third-order valence-electron chi connectivity index (χ3n) is 4.84. The zero-order chi connectivity index (χ0) is 17.6. The lowest BCUT2D eigenvalue weighted by atomic mass is 10.00. The highest BCUT2D eigenvalue weighted by Crippen LogP contribution is 2.40. The smallest absolute Gasteiger partial charge is 0.271 e. The summed E-state index contributed by atoms with van der Waals surface area (Å²) in [7, 11) is 0. The van der Waals surface area contributed by atoms with Crippen molar-refractivity contribution in [1.29, 1.82) is 0 Å². The highest BCUT2D eigenvalue weighted by atomic mass is 16.2. The molecule has 0 spiro atoms. The summed E-state index contributed by atoms with van der Waals surface area (Å²) in [5.74, 6) is 2.57. The first kappa shape index (κ1) is 16.1. The Bertz CT molecular complexity index is 849. The summed E-state index contributed by atoms with van der Waals surface area (Å²) in [6.07, 6.45) is 3.14. The third kappa shape index (κ3) is 3.10. The van der Waals surface area contributed by atoms with Crippen molar-refractivity contribution in [2.45, 2.75) is 51.6 Å². The molecule has 3 heterocycles. The third-order valence-corrected chi connectivity index (χ3v) is 4.84. The number of carbonyl (C=O) groups excluding carboxylic acids is 1. The number of fused-ring (bicyclic) bond motifs is 1. The van der Waals surface area contributed by atoms with Crippen LogP contribution < -0.4 is 5.56 Å². The van der Waals surface area contributed by atoms with Gasteiger partial charge in [0.05, 0.1) is 12.6 Å². The molecule has 0 bridgehead atoms. The highest BCUT2D eigenvalue weighted by Gasteiger charge is 2.37. The van der Waals surface area contributed by atoms with Crippen molar-refractivity contribution < 1.29 is 4.79 Å². The lowest BCUT2D eigenvalue weighted by Crippen LogP contribution is -2.43. The van der Waals surface area contributed by atoms with Crippen LogP contribution in [-0.2, 0) is 6.54 Å². The first-order chi connectivity index (χ1) is 12.0. The normalized spacial score (nSPS) is 20.0. The Morgan fingerprint density at radius 3 is 2.80 bits per heavy atom. The van der Waals surface area contributed by atoms with Gasteiger partial charge in [-0.3, -0.25) is 9.59 Å². The number of rotatable bonds is 4. The summed E-state index contributed by atoms with van der Waals surface area (Å²) in [6.45, 7) is 5.51. The second-order valence-electron chi connectivity index (χ2n) is 7.40. The van der Waals surface area contributed by atoms with Gasteiger partial charge in [0.2, 0.25) is 5.56 Å². The number of aromatic nitrogens is 4. The lowest BCUT2D eigenvalue weighted by Gasteiger charge is -2.36. The molecule has 2 aromatic heterocycles. The standard InChI is InChI=1S/C18H23N5O2/c1-11(2)10-14-17-20-16(12-6-7-12)21-23(17)9-8-22(14)18(25)13-4-3-5-15(24)19-13/h3-5,11-12,14H,6-10H2,1-2H3,(H,19,24)/t14-/m0/s1. The molecule has 1 fully saturated rings. The van der Waals surface area contributed by atoms with E-state index >= 15 is 0 Å². The van der Waals surface area contributed by atoms with Crippen molar-refractivity contribution in [3.8, 4) is 0 Å². The minimum atomic E-state index is -0.262. The van der Waals surface area contributed by atoms with Gasteiger partial charge >= 0.3 is 0 Å². The van der Waals surface area contributed by atoms with Crippen molar-refractivity contribution in [3.63, 3.8) is 0 Å². The summed E-state index contributed by atoms with van der Waals surface area (Å²) in [5.41, 5.74) is 0.0686. The van der Waals surface area contributed by atoms with Gasteiger partial charge in [-0.15, -0.1) is 0 Å². The Morgan fingerprint density at radius 2 is 2.12 bits per heavy atom. The van der Waals surface area contributed by atoms with Gasteiger partial charge in [-0.25, -0.2) is 9.67 Å². The van der Waals surface area contributed by atoms with E-state index < -0.39 is 0 Å². The maximum Gasteiger partial charge on any atom is 0.271 e. The van der Waals surface area contributed by atoms with Crippen LogP contribution in [0, 0.1) is 5.92 Å². The number of pyridine rings is 1. The Kier molecular flexibility index (Phi) is 3.94. The van der Waals surface area contributed by atoms with Crippen molar-refractivity contribution >= 4 is 5.91 Å². The number of H-pyrrole nitrogens is 1. The summed E-state index contributed by atoms with van der Waals surface area (Å²) >= 11 is 0. The SMILES string of the molecule is CC(C)C[C@H]1c2nc(C3CC3)nn2CCN1C(=O)c1cccc(=O)[nH]1. The minimum absolute atomic E-state index is 0.107. The molecule has 0 radical (unpaired) electrons. The number of hydrogen-bond donors (Lipinski definition) is 1. The van der Waals surface area contributed by atoms with E-state index in [0.717, 1.165) is 30.9 Å². The van der Waals surface area contributed by atoms with Gasteiger partial charge in [-0.1, -0.05) is 19.9 Å². The maximum absolute atomic E-state index is 13.0. The van der Waals surface area contributed by atoms with E-state index in [1.54, 1.807) is 12.1 Å². The fourth-order valence-electron chi connectivity index (χ4n) is 3.45. The second-order valence-corrected chi connectivity index (χ2v) is 7.40. The number of hydrogen-bond acceptors (Lipinski definition) is 4. The summed E-state index contributed by atoms with van der Waals surface area (Å²) in [4.78, 5) is 33.8. The van der Waals surface area contributed by atoms with E-state index in [9.17, 15) is 9.59 Å². The van der Waals surface area contributed by atoms with Crippen LogP contribution in [0.4, 0.5) is 0 Å². The summed E-state index contributed by atoms with van der Waals surface area (Å²) in [5, 5.41) is 4.66. The minimum Gasteiger partial charge on any atom is -0.325 e. The number of amides is 1. The Labute approximate surface area is 146 Å². The number of nitrogens with one attached hydrogen (secondary N) is 1. The van der Waals surface area contributed by atoms with E-state index in [2.05, 4.69) is 23.9 Å². The van der Waals surface area contributed by atoms with Gasteiger partial charge in [0.25, 0.3) is 5.91 Å². The lowest BCUT2D eigenvalue weighted by molar-refractivity contribution is 0.0572. The van der Waals surface area contributed by atoms with Crippen LogP contribution in [0.5, 0.6) is 0 Å². The van der Waals surface area contributed by atoms with E-state index in [0.29, 0.717) is 30.6 Å². The first-order valence-electron chi connectivity index (χ1n) is 8.98. The van der Waals surface area contributed by atoms with E-state index in [1.165, 1.54) is 6.07 Å². The van der Waals surface area contributed by atoms with E-state index in [1.807, 2.05) is 9.58 Å². The predicted octanol–water partition coefficient (Wildman–Crippen LogP) is 2.09. The van der Waals surface area contributed by atoms with Gasteiger partial charge in [0.1, 0.15) is 11.5 Å². The molecule has 4 rings (SSSR count). The molecule has 0 saturated heterocycles. The van der Waals surface area contributed by atoms with Crippen LogP contribution in [0.15, 0.2) is 23.0 Å². The number of aromatic amines is 1. The van der Waals surface area contributed by atoms with Gasteiger partial charge in [0, 0.05) is 18.5 Å². The predicted molar refractivity (Wildman–Crippen MR) is 92.3 cm³/mol. The van der Waals surface area contributed by atoms with E-state index in [-0.39, 0.29) is 17.5 Å². The molecule has 132 valence electrons. The van der Waals surface area contributed by atoms with Crippen LogP contribution in [0.1, 0.15) is 67.2 Å². The second kappa shape index (κ2) is 6.13.